The average Bonchev–Trinajstić information content (AvgIpc) is 2.88. The number of carbonyl (C=O) groups is 7. The minimum absolute atomic E-state index is 0.0156. The third kappa shape index (κ3) is 15.4. The molecule has 2 atom stereocenters. The lowest BCUT2D eigenvalue weighted by Crippen LogP contribution is -2.38. The van der Waals surface area contributed by atoms with E-state index in [1.807, 2.05) is 0 Å². The number of carboxylic acids is 6. The average molecular weight is 644 g/mol. The van der Waals surface area contributed by atoms with Crippen LogP contribution in [0.1, 0.15) is 43.0 Å². The van der Waals surface area contributed by atoms with E-state index < -0.39 is 98.8 Å². The minimum Gasteiger partial charge on any atom is -0.507 e. The van der Waals surface area contributed by atoms with Crippen molar-refractivity contribution in [1.82, 2.24) is 20.4 Å². The number of benzene rings is 1. The Bertz CT molecular complexity index is 1140. The molecular weight excluding hydrogens is 606 g/mol. The molecule has 1 aromatic rings. The Morgan fingerprint density at radius 2 is 0.956 bits per heavy atom. The molecule has 0 bridgehead atoms. The van der Waals surface area contributed by atoms with E-state index in [0.717, 1.165) is 9.80 Å². The van der Waals surface area contributed by atoms with Gasteiger partial charge in [0.2, 0.25) is 5.91 Å². The number of aliphatic carboxylic acids is 6. The predicted octanol–water partition coefficient (Wildman–Crippen LogP) is -1.50. The molecule has 0 radical (unpaired) electrons. The summed E-state index contributed by atoms with van der Waals surface area (Å²) in [7, 11) is 0. The first-order chi connectivity index (χ1) is 21.0. The number of hydrogen-bond donors (Lipinski definition) is 10. The maximum atomic E-state index is 11.9. The number of phenolic OH excluding ortho intramolecular Hbond substituents is 1. The second-order valence-electron chi connectivity index (χ2n) is 9.91. The van der Waals surface area contributed by atoms with Crippen LogP contribution in [0.3, 0.4) is 0 Å². The van der Waals surface area contributed by atoms with Crippen LogP contribution in [-0.4, -0.2) is 140 Å². The molecule has 0 aliphatic heterocycles. The number of carboxylic acid groups (broad SMARTS) is 6. The van der Waals surface area contributed by atoms with Crippen molar-refractivity contribution in [3.05, 3.63) is 23.3 Å². The fraction of sp³-hybridized carbons (Fsp3) is 0.500. The number of carbonyl (C=O) groups excluding carboxylic acids is 1. The van der Waals surface area contributed by atoms with Crippen molar-refractivity contribution in [3.63, 3.8) is 0 Å². The molecule has 0 spiro atoms. The molecule has 19 nitrogen and oxygen atoms in total. The predicted molar refractivity (Wildman–Crippen MR) is 152 cm³/mol. The third-order valence-electron chi connectivity index (χ3n) is 6.14. The van der Waals surface area contributed by atoms with Crippen LogP contribution in [0.2, 0.25) is 0 Å². The highest BCUT2D eigenvalue weighted by molar-refractivity contribution is 5.89. The van der Waals surface area contributed by atoms with E-state index in [2.05, 4.69) is 16.0 Å². The van der Waals surface area contributed by atoms with Crippen LogP contribution >= 0.6 is 0 Å². The zero-order valence-electron chi connectivity index (χ0n) is 24.3. The monoisotopic (exact) mass is 643 g/mol. The lowest BCUT2D eigenvalue weighted by atomic mass is 9.93. The van der Waals surface area contributed by atoms with E-state index in [1.165, 1.54) is 19.1 Å². The number of nitrogens with one attached hydrogen (secondary N) is 3. The summed E-state index contributed by atoms with van der Waals surface area (Å²) >= 11 is 0. The number of amides is 1. The Morgan fingerprint density at radius 3 is 1.22 bits per heavy atom. The van der Waals surface area contributed by atoms with E-state index >= 15 is 0 Å². The quantitative estimate of drug-likeness (QED) is 0.0607. The molecule has 0 aromatic heterocycles. The van der Waals surface area contributed by atoms with E-state index in [0.29, 0.717) is 0 Å². The van der Waals surface area contributed by atoms with Gasteiger partial charge in [0.25, 0.3) is 0 Å². The Labute approximate surface area is 256 Å². The van der Waals surface area contributed by atoms with Gasteiger partial charge in [0.05, 0.1) is 39.3 Å². The molecule has 19 heteroatoms. The topological polar surface area (TPSA) is 304 Å². The van der Waals surface area contributed by atoms with E-state index in [4.69, 9.17) is 20.4 Å². The molecule has 1 rings (SSSR count). The van der Waals surface area contributed by atoms with Crippen molar-refractivity contribution in [3.8, 4) is 5.75 Å². The molecule has 45 heavy (non-hydrogen) atoms. The van der Waals surface area contributed by atoms with Crippen LogP contribution in [-0.2, 0) is 33.6 Å². The van der Waals surface area contributed by atoms with Gasteiger partial charge in [0, 0.05) is 48.9 Å². The van der Waals surface area contributed by atoms with Gasteiger partial charge in [-0.2, -0.15) is 0 Å². The number of hydrogen-bond acceptors (Lipinski definition) is 12. The van der Waals surface area contributed by atoms with Gasteiger partial charge in [-0.25, -0.2) is 0 Å². The molecule has 1 amide bonds. The SMILES string of the molecule is CC(=O)Nc1cc(C(CCN(CC(=O)O)CC(=O)O)NCC(=O)O)c(O)c(C(CCN(CC(=O)O)CC(=O)O)NCC(=O)O)c1. The van der Waals surface area contributed by atoms with E-state index in [1.54, 1.807) is 0 Å². The summed E-state index contributed by atoms with van der Waals surface area (Å²) < 4.78 is 0. The highest BCUT2D eigenvalue weighted by Crippen LogP contribution is 2.38. The van der Waals surface area contributed by atoms with Crippen molar-refractivity contribution >= 4 is 47.4 Å². The fourth-order valence-corrected chi connectivity index (χ4v) is 4.46. The zero-order valence-corrected chi connectivity index (χ0v) is 24.3. The summed E-state index contributed by atoms with van der Waals surface area (Å²) in [5.41, 5.74) is 0.0479. The van der Waals surface area contributed by atoms with Crippen molar-refractivity contribution in [2.24, 2.45) is 0 Å². The standard InChI is InChI=1S/C26H37N5O14/c1-14(32)29-15-6-16(18(27-8-20(33)34)2-4-30(10-22(37)38)11-23(39)40)26(45)17(7-15)19(28-9-21(35)36)3-5-31(12-24(41)42)13-25(43)44/h6-7,18-19,27-28,45H,2-5,8-13H2,1H3,(H,29,32)(H,33,34)(H,35,36)(H,37,38)(H,39,40)(H,41,42)(H,43,44). The smallest absolute Gasteiger partial charge is 0.317 e. The van der Waals surface area contributed by atoms with Crippen LogP contribution in [0, 0.1) is 0 Å². The highest BCUT2D eigenvalue weighted by atomic mass is 16.4. The van der Waals surface area contributed by atoms with Crippen molar-refractivity contribution in [2.45, 2.75) is 31.8 Å². The van der Waals surface area contributed by atoms with Gasteiger partial charge in [-0.1, -0.05) is 0 Å². The number of aromatic hydroxyl groups is 1. The molecule has 250 valence electrons. The molecule has 0 saturated heterocycles. The van der Waals surface area contributed by atoms with Crippen LogP contribution in [0.4, 0.5) is 5.69 Å². The van der Waals surface area contributed by atoms with Crippen LogP contribution in [0.15, 0.2) is 12.1 Å². The minimum atomic E-state index is -1.32. The van der Waals surface area contributed by atoms with Gasteiger partial charge in [-0.15, -0.1) is 0 Å². The first-order valence-electron chi connectivity index (χ1n) is 13.3. The summed E-state index contributed by atoms with van der Waals surface area (Å²) in [5, 5.41) is 74.5. The number of nitrogens with zero attached hydrogens (tertiary/aromatic N) is 2. The van der Waals surface area contributed by atoms with Gasteiger partial charge in [0.15, 0.2) is 0 Å². The molecule has 10 N–H and O–H groups in total. The molecule has 0 saturated carbocycles. The lowest BCUT2D eigenvalue weighted by molar-refractivity contribution is -0.143. The van der Waals surface area contributed by atoms with Crippen LogP contribution < -0.4 is 16.0 Å². The largest absolute Gasteiger partial charge is 0.507 e. The Morgan fingerprint density at radius 1 is 0.622 bits per heavy atom. The number of rotatable bonds is 23. The first kappa shape index (κ1) is 38.2. The van der Waals surface area contributed by atoms with Crippen molar-refractivity contribution < 1.29 is 69.3 Å². The van der Waals surface area contributed by atoms with Gasteiger partial charge in [0.1, 0.15) is 5.75 Å². The Hall–Kier alpha value is -4.85. The highest BCUT2D eigenvalue weighted by Gasteiger charge is 2.27. The van der Waals surface area contributed by atoms with Crippen LogP contribution in [0.25, 0.3) is 0 Å². The van der Waals surface area contributed by atoms with Gasteiger partial charge in [-0.05, 0) is 25.0 Å². The Kier molecular flexibility index (Phi) is 15.9. The first-order valence-corrected chi connectivity index (χ1v) is 13.3. The molecule has 2 unspecified atom stereocenters. The molecule has 0 fully saturated rings. The maximum absolute atomic E-state index is 11.9. The normalized spacial score (nSPS) is 12.4. The molecule has 0 heterocycles. The van der Waals surface area contributed by atoms with Crippen molar-refractivity contribution in [2.75, 3.05) is 57.7 Å². The number of phenols is 1. The van der Waals surface area contributed by atoms with Crippen LogP contribution in [0.5, 0.6) is 5.75 Å². The second kappa shape index (κ2) is 18.7. The summed E-state index contributed by atoms with van der Waals surface area (Å²) in [5.74, 6) is -8.95. The Balaban J connectivity index is 3.67. The molecule has 0 aliphatic rings. The van der Waals surface area contributed by atoms with Gasteiger partial charge in [-0.3, -0.25) is 54.0 Å². The molecule has 1 aromatic carbocycles. The molecular formula is C26H37N5O14. The fourth-order valence-electron chi connectivity index (χ4n) is 4.46. The van der Waals surface area contributed by atoms with Gasteiger partial charge >= 0.3 is 35.8 Å². The lowest BCUT2D eigenvalue weighted by Gasteiger charge is -2.28. The van der Waals surface area contributed by atoms with E-state index in [9.17, 15) is 48.9 Å². The van der Waals surface area contributed by atoms with Gasteiger partial charge < -0.3 is 41.1 Å². The van der Waals surface area contributed by atoms with E-state index in [-0.39, 0.29) is 42.7 Å². The second-order valence-corrected chi connectivity index (χ2v) is 9.91. The zero-order chi connectivity index (χ0) is 34.3. The third-order valence-corrected chi connectivity index (χ3v) is 6.14. The maximum Gasteiger partial charge on any atom is 0.317 e. The molecule has 0 aliphatic carbocycles. The van der Waals surface area contributed by atoms with Crippen molar-refractivity contribution in [1.29, 1.82) is 0 Å². The summed E-state index contributed by atoms with van der Waals surface area (Å²) in [6.45, 7) is -3.17. The number of anilines is 1. The summed E-state index contributed by atoms with van der Waals surface area (Å²) in [6.07, 6.45) is -0.273. The summed E-state index contributed by atoms with van der Waals surface area (Å²) in [6, 6.07) is 0.450. The summed E-state index contributed by atoms with van der Waals surface area (Å²) in [4.78, 5) is 81.8.